The highest BCUT2D eigenvalue weighted by Gasteiger charge is 2.22. The lowest BCUT2D eigenvalue weighted by molar-refractivity contribution is 0.0867. The van der Waals surface area contributed by atoms with Crippen LogP contribution in [0.1, 0.15) is 48.5 Å². The lowest BCUT2D eigenvalue weighted by atomic mass is 9.81. The Morgan fingerprint density at radius 1 is 1.17 bits per heavy atom. The van der Waals surface area contributed by atoms with Gasteiger partial charge in [-0.05, 0) is 55.2 Å². The molecule has 0 saturated heterocycles. The molecular weight excluding hydrogens is 450 g/mol. The molecule has 35 heavy (non-hydrogen) atoms. The van der Waals surface area contributed by atoms with Gasteiger partial charge in [0.2, 0.25) is 0 Å². The zero-order valence-electron chi connectivity index (χ0n) is 19.5. The van der Waals surface area contributed by atoms with E-state index in [9.17, 15) is 18.7 Å². The summed E-state index contributed by atoms with van der Waals surface area (Å²) in [5, 5.41) is 16.2. The monoisotopic (exact) mass is 478 g/mol. The molecule has 4 rings (SSSR count). The second kappa shape index (κ2) is 10.7. The van der Waals surface area contributed by atoms with E-state index in [1.807, 2.05) is 0 Å². The molecule has 1 aromatic carbocycles. The van der Waals surface area contributed by atoms with Crippen molar-refractivity contribution in [1.29, 1.82) is 0 Å². The van der Waals surface area contributed by atoms with Crippen LogP contribution in [-0.2, 0) is 0 Å². The van der Waals surface area contributed by atoms with Crippen LogP contribution in [0.4, 0.5) is 20.2 Å². The van der Waals surface area contributed by atoms with E-state index in [0.29, 0.717) is 34.9 Å². The number of hydrogen-bond donors (Lipinski definition) is 3. The van der Waals surface area contributed by atoms with E-state index in [4.69, 9.17) is 0 Å². The highest BCUT2D eigenvalue weighted by molar-refractivity contribution is 6.00. The summed E-state index contributed by atoms with van der Waals surface area (Å²) in [6.45, 7) is 5.92. The van der Waals surface area contributed by atoms with Gasteiger partial charge in [-0.2, -0.15) is 0 Å². The van der Waals surface area contributed by atoms with E-state index in [1.54, 1.807) is 25.3 Å². The number of anilines is 2. The molecule has 0 radical (unpaired) electrons. The lowest BCUT2D eigenvalue weighted by Crippen LogP contribution is -2.34. The van der Waals surface area contributed by atoms with Crippen molar-refractivity contribution in [1.82, 2.24) is 15.3 Å². The zero-order valence-corrected chi connectivity index (χ0v) is 19.5. The summed E-state index contributed by atoms with van der Waals surface area (Å²) in [5.74, 6) is -1.02. The summed E-state index contributed by atoms with van der Waals surface area (Å²) in [5.41, 5.74) is 2.88. The average Bonchev–Trinajstić information content (AvgIpc) is 2.81. The Labute approximate surface area is 203 Å². The van der Waals surface area contributed by atoms with Gasteiger partial charge >= 0.3 is 0 Å². The van der Waals surface area contributed by atoms with Crippen LogP contribution in [0.25, 0.3) is 16.8 Å². The normalized spacial score (nSPS) is 14.2. The molecule has 0 unspecified atom stereocenters. The standard InChI is InChI=1S/C27H28F2N4O2/c1-16(2)21-15-31-25(20-11-18(28)6-7-23(20)29)12-26(21)33-24-8-9-30-14-22(24)27(35)32-13-19(34)10-17-4-3-5-17/h6-9,11-12,14-15,17,19,34H,1,3-5,10,13H2,2H3,(H,32,35)(H,30,31,33)/t19-/m0/s1. The number of benzene rings is 1. The van der Waals surface area contributed by atoms with Crippen LogP contribution in [0.5, 0.6) is 0 Å². The van der Waals surface area contributed by atoms with Gasteiger partial charge in [0, 0.05) is 41.9 Å². The largest absolute Gasteiger partial charge is 0.391 e. The van der Waals surface area contributed by atoms with Gasteiger partial charge in [-0.3, -0.25) is 14.8 Å². The number of aliphatic hydroxyl groups excluding tert-OH is 1. The number of rotatable bonds is 9. The first-order valence-electron chi connectivity index (χ1n) is 11.6. The summed E-state index contributed by atoms with van der Waals surface area (Å²) < 4.78 is 28.1. The highest BCUT2D eigenvalue weighted by atomic mass is 19.1. The fraction of sp³-hybridized carbons (Fsp3) is 0.296. The first-order valence-corrected chi connectivity index (χ1v) is 11.6. The minimum absolute atomic E-state index is 0.0226. The van der Waals surface area contributed by atoms with Gasteiger partial charge in [-0.25, -0.2) is 8.78 Å². The number of aromatic nitrogens is 2. The number of amides is 1. The molecule has 2 heterocycles. The first kappa shape index (κ1) is 24.5. The van der Waals surface area contributed by atoms with Gasteiger partial charge in [-0.15, -0.1) is 0 Å². The quantitative estimate of drug-likeness (QED) is 0.379. The van der Waals surface area contributed by atoms with E-state index < -0.39 is 17.7 Å². The zero-order chi connectivity index (χ0) is 24.9. The lowest BCUT2D eigenvalue weighted by Gasteiger charge is -2.27. The fourth-order valence-corrected chi connectivity index (χ4v) is 4.07. The average molecular weight is 479 g/mol. The van der Waals surface area contributed by atoms with E-state index in [-0.39, 0.29) is 29.3 Å². The summed E-state index contributed by atoms with van der Waals surface area (Å²) in [7, 11) is 0. The number of nitrogens with zero attached hydrogens (tertiary/aromatic N) is 2. The number of nitrogens with one attached hydrogen (secondary N) is 2. The van der Waals surface area contributed by atoms with Crippen LogP contribution in [0.3, 0.4) is 0 Å². The van der Waals surface area contributed by atoms with Gasteiger partial charge in [-0.1, -0.05) is 25.8 Å². The van der Waals surface area contributed by atoms with Crippen LogP contribution >= 0.6 is 0 Å². The van der Waals surface area contributed by atoms with Crippen LogP contribution in [-0.4, -0.2) is 33.6 Å². The number of aliphatic hydroxyl groups is 1. The van der Waals surface area contributed by atoms with Crippen molar-refractivity contribution in [2.45, 2.75) is 38.7 Å². The van der Waals surface area contributed by atoms with Crippen molar-refractivity contribution < 1.29 is 18.7 Å². The minimum atomic E-state index is -0.601. The van der Waals surface area contributed by atoms with E-state index in [0.717, 1.165) is 31.0 Å². The molecule has 1 aliphatic carbocycles. The maximum atomic E-state index is 14.4. The van der Waals surface area contributed by atoms with Gasteiger partial charge in [0.1, 0.15) is 11.6 Å². The van der Waals surface area contributed by atoms with Gasteiger partial charge < -0.3 is 15.7 Å². The molecule has 1 atom stereocenters. The predicted octanol–water partition coefficient (Wildman–Crippen LogP) is 5.48. The molecular formula is C27H28F2N4O2. The van der Waals surface area contributed by atoms with Crippen molar-refractivity contribution >= 4 is 22.9 Å². The Hall–Kier alpha value is -3.65. The minimum Gasteiger partial charge on any atom is -0.391 e. The van der Waals surface area contributed by atoms with Gasteiger partial charge in [0.25, 0.3) is 5.91 Å². The topological polar surface area (TPSA) is 87.1 Å². The van der Waals surface area contributed by atoms with Gasteiger partial charge in [0.15, 0.2) is 0 Å². The highest BCUT2D eigenvalue weighted by Crippen LogP contribution is 2.32. The van der Waals surface area contributed by atoms with E-state index >= 15 is 0 Å². The van der Waals surface area contributed by atoms with Crippen molar-refractivity contribution in [3.05, 3.63) is 78.3 Å². The molecule has 0 spiro atoms. The molecule has 2 aromatic heterocycles. The number of carbonyl (C=O) groups excluding carboxylic acids is 1. The van der Waals surface area contributed by atoms with Gasteiger partial charge in [0.05, 0.1) is 23.0 Å². The second-order valence-corrected chi connectivity index (χ2v) is 8.96. The summed E-state index contributed by atoms with van der Waals surface area (Å²) >= 11 is 0. The predicted molar refractivity (Wildman–Crippen MR) is 132 cm³/mol. The van der Waals surface area contributed by atoms with Crippen molar-refractivity contribution in [3.8, 4) is 11.3 Å². The smallest absolute Gasteiger partial charge is 0.255 e. The maximum absolute atomic E-state index is 14.4. The molecule has 8 heteroatoms. The van der Waals surface area contributed by atoms with E-state index in [2.05, 4.69) is 27.2 Å². The molecule has 1 saturated carbocycles. The Balaban J connectivity index is 1.58. The van der Waals surface area contributed by atoms with Crippen LogP contribution in [0.15, 0.2) is 55.5 Å². The molecule has 1 amide bonds. The number of halogens is 2. The first-order chi connectivity index (χ1) is 16.8. The molecule has 6 nitrogen and oxygen atoms in total. The molecule has 0 bridgehead atoms. The van der Waals surface area contributed by atoms with Crippen LogP contribution < -0.4 is 10.6 Å². The Morgan fingerprint density at radius 2 is 1.97 bits per heavy atom. The number of allylic oxidation sites excluding steroid dienone is 1. The summed E-state index contributed by atoms with van der Waals surface area (Å²) in [6, 6.07) is 6.42. The summed E-state index contributed by atoms with van der Waals surface area (Å²) in [4.78, 5) is 21.3. The molecule has 1 aliphatic rings. The fourth-order valence-electron chi connectivity index (χ4n) is 4.07. The third-order valence-corrected chi connectivity index (χ3v) is 6.23. The molecule has 1 fully saturated rings. The number of pyridine rings is 2. The van der Waals surface area contributed by atoms with Crippen molar-refractivity contribution in [3.63, 3.8) is 0 Å². The van der Waals surface area contributed by atoms with Crippen molar-refractivity contribution in [2.24, 2.45) is 5.92 Å². The SMILES string of the molecule is C=C(C)c1cnc(-c2cc(F)ccc2F)cc1Nc1ccncc1C(=O)NC[C@@H](O)CC1CCC1. The van der Waals surface area contributed by atoms with Crippen molar-refractivity contribution in [2.75, 3.05) is 11.9 Å². The molecule has 0 aliphatic heterocycles. The number of hydrogen-bond acceptors (Lipinski definition) is 5. The Morgan fingerprint density at radius 3 is 2.69 bits per heavy atom. The molecule has 3 aromatic rings. The van der Waals surface area contributed by atoms with Crippen LogP contribution in [0.2, 0.25) is 0 Å². The molecule has 3 N–H and O–H groups in total. The second-order valence-electron chi connectivity index (χ2n) is 8.96. The Kier molecular flexibility index (Phi) is 7.51. The van der Waals surface area contributed by atoms with E-state index in [1.165, 1.54) is 18.8 Å². The molecule has 182 valence electrons. The number of carbonyl (C=O) groups is 1. The van der Waals surface area contributed by atoms with Crippen LogP contribution in [0, 0.1) is 17.6 Å². The Bertz CT molecular complexity index is 1240. The third-order valence-electron chi connectivity index (χ3n) is 6.23. The summed E-state index contributed by atoms with van der Waals surface area (Å²) in [6.07, 6.45) is 8.03. The maximum Gasteiger partial charge on any atom is 0.255 e. The third kappa shape index (κ3) is 5.89.